The lowest BCUT2D eigenvalue weighted by Gasteiger charge is -2.05. The molecule has 0 aliphatic heterocycles. The number of urea groups is 1. The summed E-state index contributed by atoms with van der Waals surface area (Å²) in [5.41, 5.74) is 11.5. The fraction of sp³-hybridized carbons (Fsp3) is 0.0588. The highest BCUT2D eigenvalue weighted by Gasteiger charge is 2.14. The Hall–Kier alpha value is -3.08. The van der Waals surface area contributed by atoms with Crippen LogP contribution in [0.25, 0.3) is 22.2 Å². The monoisotopic (exact) mass is 292 g/mol. The van der Waals surface area contributed by atoms with E-state index in [1.165, 1.54) is 0 Å². The number of primary amides is 1. The van der Waals surface area contributed by atoms with Gasteiger partial charge in [0.05, 0.1) is 11.9 Å². The Labute approximate surface area is 128 Å². The molecule has 0 atom stereocenters. The first-order valence-electron chi connectivity index (χ1n) is 6.90. The minimum absolute atomic E-state index is 0.683. The summed E-state index contributed by atoms with van der Waals surface area (Å²) < 4.78 is 2.12. The van der Waals surface area contributed by atoms with Gasteiger partial charge in [-0.15, -0.1) is 0 Å². The minimum atomic E-state index is -0.683. The van der Waals surface area contributed by atoms with Crippen molar-refractivity contribution in [2.24, 2.45) is 17.9 Å². The van der Waals surface area contributed by atoms with Crippen LogP contribution in [-0.4, -0.2) is 16.8 Å². The first-order valence-corrected chi connectivity index (χ1v) is 6.90. The Morgan fingerprint density at radius 3 is 2.55 bits per heavy atom. The van der Waals surface area contributed by atoms with Gasteiger partial charge in [-0.2, -0.15) is 5.10 Å². The summed E-state index contributed by atoms with van der Waals surface area (Å²) >= 11 is 0. The average molecular weight is 292 g/mol. The van der Waals surface area contributed by atoms with E-state index in [1.807, 2.05) is 55.6 Å². The van der Waals surface area contributed by atoms with Gasteiger partial charge in [-0.05, 0) is 11.6 Å². The highest BCUT2D eigenvalue weighted by Crippen LogP contribution is 2.31. The van der Waals surface area contributed by atoms with Crippen LogP contribution in [0.2, 0.25) is 0 Å². The van der Waals surface area contributed by atoms with E-state index in [1.54, 1.807) is 6.21 Å². The lowest BCUT2D eigenvalue weighted by molar-refractivity contribution is 0.249. The largest absolute Gasteiger partial charge is 0.350 e. The number of hydrazone groups is 1. The van der Waals surface area contributed by atoms with Gasteiger partial charge in [-0.1, -0.05) is 48.5 Å². The van der Waals surface area contributed by atoms with Crippen LogP contribution in [0, 0.1) is 0 Å². The summed E-state index contributed by atoms with van der Waals surface area (Å²) in [7, 11) is 2.02. The smallest absolute Gasteiger partial charge is 0.332 e. The Kier molecular flexibility index (Phi) is 3.62. The number of aromatic nitrogens is 1. The number of para-hydroxylation sites is 1. The van der Waals surface area contributed by atoms with Crippen LogP contribution in [0.5, 0.6) is 0 Å². The molecule has 3 rings (SSSR count). The Balaban J connectivity index is 2.23. The van der Waals surface area contributed by atoms with Crippen molar-refractivity contribution in [3.63, 3.8) is 0 Å². The molecule has 0 radical (unpaired) electrons. The van der Waals surface area contributed by atoms with E-state index in [4.69, 9.17) is 5.73 Å². The number of nitrogens with two attached hydrogens (primary N) is 1. The van der Waals surface area contributed by atoms with Gasteiger partial charge < -0.3 is 10.3 Å². The second kappa shape index (κ2) is 5.73. The molecule has 0 aliphatic carbocycles. The molecule has 2 aromatic carbocycles. The van der Waals surface area contributed by atoms with Crippen molar-refractivity contribution in [1.29, 1.82) is 0 Å². The van der Waals surface area contributed by atoms with Gasteiger partial charge in [-0.3, -0.25) is 0 Å². The van der Waals surface area contributed by atoms with Crippen LogP contribution in [0.1, 0.15) is 5.56 Å². The lowest BCUT2D eigenvalue weighted by Crippen LogP contribution is -2.24. The fourth-order valence-electron chi connectivity index (χ4n) is 2.66. The van der Waals surface area contributed by atoms with E-state index in [2.05, 4.69) is 21.2 Å². The van der Waals surface area contributed by atoms with Crippen LogP contribution >= 0.6 is 0 Å². The summed E-state index contributed by atoms with van der Waals surface area (Å²) in [6.07, 6.45) is 1.63. The summed E-state index contributed by atoms with van der Waals surface area (Å²) in [4.78, 5) is 10.8. The number of nitrogens with zero attached hydrogens (tertiary/aromatic N) is 2. The molecule has 3 N–H and O–H groups in total. The molecule has 110 valence electrons. The number of carbonyl (C=O) groups is 1. The standard InChI is InChI=1S/C17H16N4O/c1-21-15-10-6-5-9-13(15)14(11-19-20-17(18)22)16(21)12-7-3-2-4-8-12/h2-11H,1H3,(H3,18,20,22)/b19-11+. The van der Waals surface area contributed by atoms with Gasteiger partial charge in [0, 0.05) is 23.5 Å². The first-order chi connectivity index (χ1) is 10.7. The maximum absolute atomic E-state index is 10.8. The van der Waals surface area contributed by atoms with Crippen LogP contribution in [0.3, 0.4) is 0 Å². The Morgan fingerprint density at radius 1 is 1.14 bits per heavy atom. The Morgan fingerprint density at radius 2 is 1.82 bits per heavy atom. The first kappa shape index (κ1) is 13.9. The quantitative estimate of drug-likeness (QED) is 0.565. The number of carbonyl (C=O) groups excluding carboxylic acids is 1. The molecule has 1 aromatic heterocycles. The maximum atomic E-state index is 10.8. The number of hydrogen-bond donors (Lipinski definition) is 2. The van der Waals surface area contributed by atoms with Gasteiger partial charge >= 0.3 is 6.03 Å². The van der Waals surface area contributed by atoms with Crippen LogP contribution in [0.4, 0.5) is 4.79 Å². The summed E-state index contributed by atoms with van der Waals surface area (Å²) in [6.45, 7) is 0. The molecule has 5 nitrogen and oxygen atoms in total. The van der Waals surface area contributed by atoms with E-state index in [0.29, 0.717) is 0 Å². The SMILES string of the molecule is Cn1c(-c2ccccc2)c(/C=N/NC(N)=O)c2ccccc21. The van der Waals surface area contributed by atoms with Gasteiger partial charge in [-0.25, -0.2) is 10.2 Å². The highest BCUT2D eigenvalue weighted by atomic mass is 16.2. The molecular formula is C17H16N4O. The predicted molar refractivity (Wildman–Crippen MR) is 88.7 cm³/mol. The third kappa shape index (κ3) is 2.44. The Bertz CT molecular complexity index is 850. The van der Waals surface area contributed by atoms with E-state index in [0.717, 1.165) is 27.7 Å². The normalized spacial score (nSPS) is 11.1. The molecule has 0 bridgehead atoms. The molecule has 5 heteroatoms. The number of nitrogens with one attached hydrogen (secondary N) is 1. The molecule has 0 aliphatic rings. The van der Waals surface area contributed by atoms with Gasteiger partial charge in [0.2, 0.25) is 0 Å². The summed E-state index contributed by atoms with van der Waals surface area (Å²) in [5.74, 6) is 0. The molecule has 22 heavy (non-hydrogen) atoms. The molecule has 1 heterocycles. The maximum Gasteiger partial charge on any atom is 0.332 e. The zero-order chi connectivity index (χ0) is 15.5. The fourth-order valence-corrected chi connectivity index (χ4v) is 2.66. The summed E-state index contributed by atoms with van der Waals surface area (Å²) in [5, 5.41) is 5.00. The molecule has 3 aromatic rings. The number of fused-ring (bicyclic) bond motifs is 1. The van der Waals surface area contributed by atoms with E-state index in [-0.39, 0.29) is 0 Å². The minimum Gasteiger partial charge on any atom is -0.350 e. The van der Waals surface area contributed by atoms with Crippen molar-refractivity contribution in [3.05, 3.63) is 60.2 Å². The highest BCUT2D eigenvalue weighted by molar-refractivity contribution is 6.06. The van der Waals surface area contributed by atoms with Crippen molar-refractivity contribution in [2.75, 3.05) is 0 Å². The van der Waals surface area contributed by atoms with Crippen molar-refractivity contribution < 1.29 is 4.79 Å². The molecule has 0 fully saturated rings. The average Bonchev–Trinajstić information content (AvgIpc) is 2.81. The number of amides is 2. The van der Waals surface area contributed by atoms with Gasteiger partial charge in [0.15, 0.2) is 0 Å². The third-order valence-electron chi connectivity index (χ3n) is 3.56. The van der Waals surface area contributed by atoms with Crippen LogP contribution < -0.4 is 11.2 Å². The molecule has 0 unspecified atom stereocenters. The summed E-state index contributed by atoms with van der Waals surface area (Å²) in [6, 6.07) is 17.5. The second-order valence-electron chi connectivity index (χ2n) is 4.94. The van der Waals surface area contributed by atoms with Crippen molar-refractivity contribution in [1.82, 2.24) is 9.99 Å². The number of rotatable bonds is 3. The van der Waals surface area contributed by atoms with Crippen LogP contribution in [0.15, 0.2) is 59.7 Å². The van der Waals surface area contributed by atoms with Crippen molar-refractivity contribution in [2.45, 2.75) is 0 Å². The number of benzene rings is 2. The zero-order valence-corrected chi connectivity index (χ0v) is 12.2. The van der Waals surface area contributed by atoms with Crippen LogP contribution in [-0.2, 0) is 7.05 Å². The van der Waals surface area contributed by atoms with E-state index >= 15 is 0 Å². The molecule has 0 saturated carbocycles. The molecule has 0 spiro atoms. The van der Waals surface area contributed by atoms with E-state index in [9.17, 15) is 4.79 Å². The van der Waals surface area contributed by atoms with E-state index < -0.39 is 6.03 Å². The lowest BCUT2D eigenvalue weighted by atomic mass is 10.1. The number of aryl methyl sites for hydroxylation is 1. The van der Waals surface area contributed by atoms with Crippen molar-refractivity contribution >= 4 is 23.1 Å². The topological polar surface area (TPSA) is 72.4 Å². The molecular weight excluding hydrogens is 276 g/mol. The van der Waals surface area contributed by atoms with Crippen molar-refractivity contribution in [3.8, 4) is 11.3 Å². The number of hydrogen-bond acceptors (Lipinski definition) is 2. The molecule has 2 amide bonds. The third-order valence-corrected chi connectivity index (χ3v) is 3.56. The van der Waals surface area contributed by atoms with Gasteiger partial charge in [0.25, 0.3) is 0 Å². The zero-order valence-electron chi connectivity index (χ0n) is 12.2. The predicted octanol–water partition coefficient (Wildman–Crippen LogP) is 2.85. The second-order valence-corrected chi connectivity index (χ2v) is 4.94. The molecule has 0 saturated heterocycles. The van der Waals surface area contributed by atoms with Gasteiger partial charge in [0.1, 0.15) is 0 Å².